The lowest BCUT2D eigenvalue weighted by Gasteiger charge is -2.39. The molecule has 1 aliphatic rings. The zero-order valence-electron chi connectivity index (χ0n) is 13.4. The van der Waals surface area contributed by atoms with Gasteiger partial charge < -0.3 is 14.7 Å². The van der Waals surface area contributed by atoms with Crippen LogP contribution in [0, 0.1) is 5.82 Å². The van der Waals surface area contributed by atoms with E-state index in [1.807, 2.05) is 20.8 Å². The van der Waals surface area contributed by atoms with Gasteiger partial charge in [-0.25, -0.2) is 9.18 Å². The number of carbonyl (C=O) groups is 1. The SMILES string of the molecule is CC(C)(C)OC(=O)N1CCCC[C@H]1[C@@H](O)c1ccc(F)cc1. The number of benzene rings is 1. The van der Waals surface area contributed by atoms with Crippen LogP contribution < -0.4 is 0 Å². The fourth-order valence-corrected chi connectivity index (χ4v) is 2.71. The number of hydrogen-bond donors (Lipinski definition) is 1. The molecule has 0 aromatic heterocycles. The van der Waals surface area contributed by atoms with Gasteiger partial charge in [-0.3, -0.25) is 0 Å². The van der Waals surface area contributed by atoms with E-state index in [2.05, 4.69) is 0 Å². The van der Waals surface area contributed by atoms with Gasteiger partial charge in [0.1, 0.15) is 11.4 Å². The molecule has 2 atom stereocenters. The van der Waals surface area contributed by atoms with E-state index in [1.54, 1.807) is 17.0 Å². The highest BCUT2D eigenvalue weighted by Crippen LogP contribution is 2.30. The summed E-state index contributed by atoms with van der Waals surface area (Å²) in [5, 5.41) is 10.6. The maximum Gasteiger partial charge on any atom is 0.410 e. The maximum absolute atomic E-state index is 13.0. The van der Waals surface area contributed by atoms with Crippen molar-refractivity contribution in [2.24, 2.45) is 0 Å². The highest BCUT2D eigenvalue weighted by Gasteiger charge is 2.35. The van der Waals surface area contributed by atoms with Crippen LogP contribution in [0.25, 0.3) is 0 Å². The summed E-state index contributed by atoms with van der Waals surface area (Å²) in [6.45, 7) is 6.03. The lowest BCUT2D eigenvalue weighted by atomic mass is 9.93. The average Bonchev–Trinajstić information content (AvgIpc) is 2.45. The Balaban J connectivity index is 2.15. The standard InChI is InChI=1S/C17H24FNO3/c1-17(2,3)22-16(21)19-11-5-4-6-14(19)15(20)12-7-9-13(18)10-8-12/h7-10,14-15,20H,4-6,11H2,1-3H3/t14-,15-/m0/s1. The van der Waals surface area contributed by atoms with E-state index in [4.69, 9.17) is 4.74 Å². The summed E-state index contributed by atoms with van der Waals surface area (Å²) in [7, 11) is 0. The van der Waals surface area contributed by atoms with Crippen molar-refractivity contribution in [2.75, 3.05) is 6.54 Å². The van der Waals surface area contributed by atoms with E-state index in [0.717, 1.165) is 12.8 Å². The van der Waals surface area contributed by atoms with Crippen molar-refractivity contribution in [1.82, 2.24) is 4.90 Å². The predicted molar refractivity (Wildman–Crippen MR) is 81.9 cm³/mol. The van der Waals surface area contributed by atoms with Gasteiger partial charge in [0.2, 0.25) is 0 Å². The number of hydrogen-bond acceptors (Lipinski definition) is 3. The smallest absolute Gasteiger partial charge is 0.410 e. The minimum atomic E-state index is -0.839. The largest absolute Gasteiger partial charge is 0.444 e. The van der Waals surface area contributed by atoms with E-state index in [9.17, 15) is 14.3 Å². The zero-order chi connectivity index (χ0) is 16.3. The van der Waals surface area contributed by atoms with Gasteiger partial charge in [0.15, 0.2) is 0 Å². The molecule has 0 radical (unpaired) electrons. The molecule has 0 bridgehead atoms. The van der Waals surface area contributed by atoms with Gasteiger partial charge in [-0.05, 0) is 57.7 Å². The molecule has 0 aliphatic carbocycles. The second kappa shape index (κ2) is 6.65. The van der Waals surface area contributed by atoms with Crippen LogP contribution in [-0.2, 0) is 4.74 Å². The number of ether oxygens (including phenoxy) is 1. The van der Waals surface area contributed by atoms with Crippen molar-refractivity contribution in [3.8, 4) is 0 Å². The van der Waals surface area contributed by atoms with Crippen molar-refractivity contribution in [1.29, 1.82) is 0 Å². The molecule has 22 heavy (non-hydrogen) atoms. The molecule has 1 aromatic carbocycles. The van der Waals surface area contributed by atoms with Crippen LogP contribution in [0.15, 0.2) is 24.3 Å². The molecule has 2 rings (SSSR count). The third-order valence-electron chi connectivity index (χ3n) is 3.75. The Morgan fingerprint density at radius 3 is 2.55 bits per heavy atom. The van der Waals surface area contributed by atoms with E-state index in [-0.39, 0.29) is 11.9 Å². The quantitative estimate of drug-likeness (QED) is 0.907. The Kier molecular flexibility index (Phi) is 5.06. The van der Waals surface area contributed by atoms with Crippen LogP contribution in [-0.4, -0.2) is 34.3 Å². The van der Waals surface area contributed by atoms with E-state index in [0.29, 0.717) is 18.5 Å². The molecular weight excluding hydrogens is 285 g/mol. The van der Waals surface area contributed by atoms with Gasteiger partial charge in [-0.1, -0.05) is 12.1 Å². The number of carbonyl (C=O) groups excluding carboxylic acids is 1. The predicted octanol–water partition coefficient (Wildman–Crippen LogP) is 3.65. The van der Waals surface area contributed by atoms with Gasteiger partial charge in [-0.2, -0.15) is 0 Å². The van der Waals surface area contributed by atoms with Gasteiger partial charge in [0, 0.05) is 6.54 Å². The van der Waals surface area contributed by atoms with E-state index < -0.39 is 17.8 Å². The summed E-state index contributed by atoms with van der Waals surface area (Å²) in [5.74, 6) is -0.344. The number of piperidine rings is 1. The molecule has 1 heterocycles. The molecule has 1 aliphatic heterocycles. The first-order valence-corrected chi connectivity index (χ1v) is 7.71. The fraction of sp³-hybridized carbons (Fsp3) is 0.588. The summed E-state index contributed by atoms with van der Waals surface area (Å²) >= 11 is 0. The number of amides is 1. The molecule has 1 amide bonds. The summed E-state index contributed by atoms with van der Waals surface area (Å²) in [4.78, 5) is 13.9. The number of aliphatic hydroxyl groups is 1. The Bertz CT molecular complexity index is 510. The molecule has 1 aromatic rings. The third-order valence-corrected chi connectivity index (χ3v) is 3.75. The fourth-order valence-electron chi connectivity index (χ4n) is 2.71. The van der Waals surface area contributed by atoms with Crippen molar-refractivity contribution in [3.05, 3.63) is 35.6 Å². The van der Waals surface area contributed by atoms with Crippen molar-refractivity contribution < 1.29 is 19.0 Å². The van der Waals surface area contributed by atoms with Crippen LogP contribution in [0.2, 0.25) is 0 Å². The molecule has 0 unspecified atom stereocenters. The minimum Gasteiger partial charge on any atom is -0.444 e. The summed E-state index contributed by atoms with van der Waals surface area (Å²) in [6, 6.07) is 5.41. The molecule has 122 valence electrons. The highest BCUT2D eigenvalue weighted by molar-refractivity contribution is 5.68. The van der Waals surface area contributed by atoms with E-state index >= 15 is 0 Å². The lowest BCUT2D eigenvalue weighted by Crippen LogP contribution is -2.48. The van der Waals surface area contributed by atoms with Gasteiger partial charge in [0.05, 0.1) is 12.1 Å². The van der Waals surface area contributed by atoms with Crippen molar-refractivity contribution in [3.63, 3.8) is 0 Å². The van der Waals surface area contributed by atoms with Crippen LogP contribution in [0.1, 0.15) is 51.7 Å². The molecule has 1 saturated heterocycles. The van der Waals surface area contributed by atoms with Gasteiger partial charge >= 0.3 is 6.09 Å². The third kappa shape index (κ3) is 4.19. The second-order valence-corrected chi connectivity index (χ2v) is 6.73. The molecule has 1 N–H and O–H groups in total. The number of halogens is 1. The Morgan fingerprint density at radius 2 is 1.95 bits per heavy atom. The van der Waals surface area contributed by atoms with Crippen molar-refractivity contribution >= 4 is 6.09 Å². The lowest BCUT2D eigenvalue weighted by molar-refractivity contribution is -0.0169. The van der Waals surface area contributed by atoms with Gasteiger partial charge in [0.25, 0.3) is 0 Å². The van der Waals surface area contributed by atoms with Crippen molar-refractivity contribution in [2.45, 2.75) is 57.8 Å². The summed E-state index contributed by atoms with van der Waals surface area (Å²) in [6.07, 6.45) is 1.30. The van der Waals surface area contributed by atoms with Crippen LogP contribution >= 0.6 is 0 Å². The number of rotatable bonds is 2. The Morgan fingerprint density at radius 1 is 1.32 bits per heavy atom. The monoisotopic (exact) mass is 309 g/mol. The minimum absolute atomic E-state index is 0.339. The number of aliphatic hydroxyl groups excluding tert-OH is 1. The Labute approximate surface area is 130 Å². The normalized spacial score (nSPS) is 20.6. The average molecular weight is 309 g/mol. The van der Waals surface area contributed by atoms with Gasteiger partial charge in [-0.15, -0.1) is 0 Å². The second-order valence-electron chi connectivity index (χ2n) is 6.73. The highest BCUT2D eigenvalue weighted by atomic mass is 19.1. The number of likely N-dealkylation sites (tertiary alicyclic amines) is 1. The molecule has 0 saturated carbocycles. The first kappa shape index (κ1) is 16.7. The maximum atomic E-state index is 13.0. The molecule has 5 heteroatoms. The molecule has 4 nitrogen and oxygen atoms in total. The topological polar surface area (TPSA) is 49.8 Å². The van der Waals surface area contributed by atoms with Crippen LogP contribution in [0.5, 0.6) is 0 Å². The first-order chi connectivity index (χ1) is 10.3. The zero-order valence-corrected chi connectivity index (χ0v) is 13.4. The molecule has 0 spiro atoms. The molecular formula is C17H24FNO3. The Hall–Kier alpha value is -1.62. The van der Waals surface area contributed by atoms with Crippen LogP contribution in [0.3, 0.4) is 0 Å². The van der Waals surface area contributed by atoms with E-state index in [1.165, 1.54) is 12.1 Å². The molecule has 1 fully saturated rings. The first-order valence-electron chi connectivity index (χ1n) is 7.71. The van der Waals surface area contributed by atoms with Crippen LogP contribution in [0.4, 0.5) is 9.18 Å². The summed E-state index contributed by atoms with van der Waals surface area (Å²) in [5.41, 5.74) is 0.0433. The number of nitrogens with zero attached hydrogens (tertiary/aromatic N) is 1. The summed E-state index contributed by atoms with van der Waals surface area (Å²) < 4.78 is 18.4.